The molecule has 0 radical (unpaired) electrons. The minimum Gasteiger partial charge on any atom is -0.391 e. The second-order valence-corrected chi connectivity index (χ2v) is 10.3. The number of carbonyl (C=O) groups excluding carboxylic acids is 3. The van der Waals surface area contributed by atoms with Gasteiger partial charge in [-0.25, -0.2) is 0 Å². The van der Waals surface area contributed by atoms with Gasteiger partial charge in [0.25, 0.3) is 0 Å². The van der Waals surface area contributed by atoms with E-state index in [2.05, 4.69) is 0 Å². The van der Waals surface area contributed by atoms with Gasteiger partial charge in [-0.05, 0) is 55.6 Å². The van der Waals surface area contributed by atoms with Crippen LogP contribution in [0.15, 0.2) is 23.8 Å². The van der Waals surface area contributed by atoms with Crippen LogP contribution in [0.1, 0.15) is 46.5 Å². The predicted octanol–water partition coefficient (Wildman–Crippen LogP) is 2.37. The molecule has 0 amide bonds. The maximum Gasteiger partial charge on any atom is 0.227 e. The van der Waals surface area contributed by atoms with Crippen LogP contribution in [0.2, 0.25) is 0 Å². The summed E-state index contributed by atoms with van der Waals surface area (Å²) in [7, 11) is 0. The molecule has 0 heterocycles. The molecule has 0 unspecified atom stereocenters. The monoisotopic (exact) mass is 406 g/mol. The third-order valence-electron chi connectivity index (χ3n) is 8.71. The Morgan fingerprint density at radius 1 is 1.32 bits per heavy atom. The Morgan fingerprint density at radius 2 is 2.00 bits per heavy atom. The van der Waals surface area contributed by atoms with Gasteiger partial charge in [-0.3, -0.25) is 14.4 Å². The molecule has 0 saturated heterocycles. The summed E-state index contributed by atoms with van der Waals surface area (Å²) in [5.41, 5.74) is -2.48. The first-order valence-corrected chi connectivity index (χ1v) is 10.4. The lowest BCUT2D eigenvalue weighted by molar-refractivity contribution is -0.177. The van der Waals surface area contributed by atoms with E-state index in [1.807, 2.05) is 19.9 Å². The van der Waals surface area contributed by atoms with Crippen LogP contribution in [-0.2, 0) is 14.4 Å². The molecule has 4 rings (SSSR count). The number of allylic oxidation sites excluding steroid dienone is 4. The summed E-state index contributed by atoms with van der Waals surface area (Å²) in [4.78, 5) is 34.7. The van der Waals surface area contributed by atoms with Gasteiger partial charge < -0.3 is 10.2 Å². The molecule has 8 atom stereocenters. The standard InChI is InChI=1S/C22H27ClO5/c1-12-8-16-15-5-4-13-9-14(25)6-7-19(13,2)21(15,23)17(26)10-20(16,3)22(12,28)18(27)11-24/h6-7,9,11-12,15-17,26,28H,4-5,8,10H2,1-3H3/t12-,15-,16-,17-,19-,20-,21-,22-/m0/s1. The Kier molecular flexibility index (Phi) is 4.19. The zero-order valence-electron chi connectivity index (χ0n) is 16.4. The molecule has 2 N–H and O–H groups in total. The highest BCUT2D eigenvalue weighted by Gasteiger charge is 2.74. The molecule has 5 nitrogen and oxygen atoms in total. The molecule has 0 aromatic heterocycles. The third-order valence-corrected chi connectivity index (χ3v) is 9.63. The maximum absolute atomic E-state index is 12.5. The summed E-state index contributed by atoms with van der Waals surface area (Å²) in [6.45, 7) is 5.58. The molecular weight excluding hydrogens is 380 g/mol. The summed E-state index contributed by atoms with van der Waals surface area (Å²) >= 11 is 7.28. The summed E-state index contributed by atoms with van der Waals surface area (Å²) in [5.74, 6) is -1.55. The van der Waals surface area contributed by atoms with Gasteiger partial charge in [0.15, 0.2) is 12.1 Å². The number of Topliss-reactive ketones (excluding diaryl/α,β-unsaturated/α-hetero) is 1. The van der Waals surface area contributed by atoms with E-state index in [-0.39, 0.29) is 30.3 Å². The SMILES string of the molecule is C[C@H]1C[C@H]2[C@@H]3CCC4=CC(=O)C=C[C@]4(C)[C@@]3(Cl)[C@@H](O)C[C@]2(C)[C@@]1(O)C(=O)C=O. The second kappa shape index (κ2) is 5.87. The third kappa shape index (κ3) is 2.03. The Bertz CT molecular complexity index is 833. The first kappa shape index (κ1) is 20.0. The van der Waals surface area contributed by atoms with Gasteiger partial charge in [-0.1, -0.05) is 32.4 Å². The van der Waals surface area contributed by atoms with Gasteiger partial charge >= 0.3 is 0 Å². The van der Waals surface area contributed by atoms with E-state index in [0.717, 1.165) is 5.57 Å². The van der Waals surface area contributed by atoms with Crippen LogP contribution in [0.4, 0.5) is 0 Å². The van der Waals surface area contributed by atoms with Gasteiger partial charge in [0.1, 0.15) is 5.60 Å². The lowest BCUT2D eigenvalue weighted by Gasteiger charge is -2.63. The van der Waals surface area contributed by atoms with Crippen molar-refractivity contribution in [2.45, 2.75) is 63.0 Å². The van der Waals surface area contributed by atoms with E-state index >= 15 is 0 Å². The van der Waals surface area contributed by atoms with E-state index in [1.54, 1.807) is 13.0 Å². The maximum atomic E-state index is 12.5. The average Bonchev–Trinajstić information content (AvgIpc) is 2.84. The van der Waals surface area contributed by atoms with E-state index in [1.165, 1.54) is 6.08 Å². The number of alkyl halides is 1. The van der Waals surface area contributed by atoms with Crippen LogP contribution < -0.4 is 0 Å². The highest BCUT2D eigenvalue weighted by atomic mass is 35.5. The van der Waals surface area contributed by atoms with Crippen molar-refractivity contribution in [3.63, 3.8) is 0 Å². The first-order chi connectivity index (χ1) is 13.0. The van der Waals surface area contributed by atoms with Crippen LogP contribution in [-0.4, -0.2) is 44.6 Å². The molecule has 0 aromatic rings. The van der Waals surface area contributed by atoms with Gasteiger partial charge in [-0.2, -0.15) is 0 Å². The number of hydrogen-bond donors (Lipinski definition) is 2. The number of aliphatic hydroxyl groups is 2. The lowest BCUT2D eigenvalue weighted by Crippen LogP contribution is -2.68. The highest BCUT2D eigenvalue weighted by molar-refractivity contribution is 6.29. The first-order valence-electron chi connectivity index (χ1n) is 10.00. The highest BCUT2D eigenvalue weighted by Crippen LogP contribution is 2.71. The van der Waals surface area contributed by atoms with Crippen molar-refractivity contribution in [2.24, 2.45) is 28.6 Å². The van der Waals surface area contributed by atoms with E-state index < -0.39 is 39.1 Å². The van der Waals surface area contributed by atoms with Crippen molar-refractivity contribution in [1.82, 2.24) is 0 Å². The predicted molar refractivity (Wildman–Crippen MR) is 104 cm³/mol. The molecule has 0 aromatic carbocycles. The van der Waals surface area contributed by atoms with Crippen LogP contribution in [0.5, 0.6) is 0 Å². The number of halogens is 1. The molecule has 3 saturated carbocycles. The average molecular weight is 407 g/mol. The molecule has 3 fully saturated rings. The fraction of sp³-hybridized carbons (Fsp3) is 0.682. The van der Waals surface area contributed by atoms with Crippen LogP contribution in [0.3, 0.4) is 0 Å². The van der Waals surface area contributed by atoms with Crippen LogP contribution in [0, 0.1) is 28.6 Å². The number of aliphatic hydroxyl groups excluding tert-OH is 1. The topological polar surface area (TPSA) is 91.7 Å². The number of aldehydes is 1. The van der Waals surface area contributed by atoms with Crippen molar-refractivity contribution >= 4 is 29.5 Å². The summed E-state index contributed by atoms with van der Waals surface area (Å²) in [5, 5.41) is 22.7. The Balaban J connectivity index is 1.85. The zero-order valence-corrected chi connectivity index (χ0v) is 17.2. The quantitative estimate of drug-likeness (QED) is 0.417. The molecular formula is C22H27ClO5. The Labute approximate surface area is 169 Å². The largest absolute Gasteiger partial charge is 0.391 e. The zero-order chi connectivity index (χ0) is 20.7. The molecule has 6 heteroatoms. The number of fused-ring (bicyclic) bond motifs is 5. The minimum absolute atomic E-state index is 0.0678. The molecule has 0 spiro atoms. The molecule has 0 bridgehead atoms. The smallest absolute Gasteiger partial charge is 0.227 e. The van der Waals surface area contributed by atoms with Crippen molar-refractivity contribution in [2.75, 3.05) is 0 Å². The van der Waals surface area contributed by atoms with Crippen molar-refractivity contribution in [3.05, 3.63) is 23.8 Å². The van der Waals surface area contributed by atoms with E-state index in [4.69, 9.17) is 11.6 Å². The van der Waals surface area contributed by atoms with Crippen molar-refractivity contribution in [1.29, 1.82) is 0 Å². The van der Waals surface area contributed by atoms with Crippen LogP contribution in [0.25, 0.3) is 0 Å². The Morgan fingerprint density at radius 3 is 2.64 bits per heavy atom. The minimum atomic E-state index is -1.80. The molecule has 28 heavy (non-hydrogen) atoms. The Hall–Kier alpha value is -1.30. The lowest BCUT2D eigenvalue weighted by atomic mass is 9.45. The molecule has 4 aliphatic rings. The van der Waals surface area contributed by atoms with Crippen molar-refractivity contribution < 1.29 is 24.6 Å². The number of hydrogen-bond acceptors (Lipinski definition) is 5. The van der Waals surface area contributed by atoms with Gasteiger partial charge in [0.2, 0.25) is 5.78 Å². The normalized spacial score (nSPS) is 52.4. The number of carbonyl (C=O) groups is 3. The number of rotatable bonds is 2. The van der Waals surface area contributed by atoms with Gasteiger partial charge in [-0.15, -0.1) is 11.6 Å². The summed E-state index contributed by atoms with van der Waals surface area (Å²) in [6.07, 6.45) is 6.21. The molecule has 4 aliphatic carbocycles. The summed E-state index contributed by atoms with van der Waals surface area (Å²) < 4.78 is 0. The van der Waals surface area contributed by atoms with E-state index in [0.29, 0.717) is 19.3 Å². The fourth-order valence-corrected chi connectivity index (χ4v) is 7.68. The van der Waals surface area contributed by atoms with Crippen LogP contribution >= 0.6 is 11.6 Å². The van der Waals surface area contributed by atoms with Gasteiger partial charge in [0.05, 0.1) is 11.0 Å². The fourth-order valence-electron chi connectivity index (χ4n) is 7.16. The van der Waals surface area contributed by atoms with Crippen molar-refractivity contribution in [3.8, 4) is 0 Å². The second-order valence-electron chi connectivity index (χ2n) is 9.65. The number of ketones is 2. The molecule has 0 aliphatic heterocycles. The van der Waals surface area contributed by atoms with E-state index in [9.17, 15) is 24.6 Å². The molecule has 152 valence electrons. The summed E-state index contributed by atoms with van der Waals surface area (Å²) in [6, 6.07) is 0. The van der Waals surface area contributed by atoms with Gasteiger partial charge in [0, 0.05) is 10.8 Å².